The summed E-state index contributed by atoms with van der Waals surface area (Å²) in [6.45, 7) is 6.96. The summed E-state index contributed by atoms with van der Waals surface area (Å²) < 4.78 is 14.1. The van der Waals surface area contributed by atoms with Crippen LogP contribution in [0.2, 0.25) is 0 Å². The van der Waals surface area contributed by atoms with Gasteiger partial charge in [0.15, 0.2) is 11.6 Å². The Morgan fingerprint density at radius 2 is 0.938 bits per heavy atom. The summed E-state index contributed by atoms with van der Waals surface area (Å²) in [5, 5.41) is 0. The van der Waals surface area contributed by atoms with Crippen LogP contribution in [-0.4, -0.2) is 68.1 Å². The quantitative estimate of drug-likeness (QED) is 0.271. The zero-order valence-electron chi connectivity index (χ0n) is 19.2. The molecule has 172 valence electrons. The van der Waals surface area contributed by atoms with E-state index in [-0.39, 0.29) is 24.4 Å². The third-order valence-electron chi connectivity index (χ3n) is 3.70. The molecule has 0 heterocycles. The molecule has 2 aromatic rings. The van der Waals surface area contributed by atoms with E-state index in [9.17, 15) is 19.2 Å². The zero-order chi connectivity index (χ0) is 24.2. The molecule has 0 aliphatic carbocycles. The molecule has 0 saturated heterocycles. The van der Waals surface area contributed by atoms with Crippen molar-refractivity contribution in [3.05, 3.63) is 71.8 Å². The maximum atomic E-state index is 11.4. The number of ether oxygens (including phenoxy) is 2. The van der Waals surface area contributed by atoms with Crippen molar-refractivity contribution in [3.8, 4) is 0 Å². The molecule has 0 fully saturated rings. The minimum absolute atomic E-state index is 0.183. The van der Waals surface area contributed by atoms with Crippen LogP contribution in [0.4, 0.5) is 0 Å². The molecule has 0 amide bonds. The second kappa shape index (κ2) is 19.3. The van der Waals surface area contributed by atoms with E-state index >= 15 is 0 Å². The van der Waals surface area contributed by atoms with Gasteiger partial charge < -0.3 is 9.47 Å². The predicted molar refractivity (Wildman–Crippen MR) is 124 cm³/mol. The molecule has 7 nitrogen and oxygen atoms in total. The average Bonchev–Trinajstić information content (AvgIpc) is 2.81. The van der Waals surface area contributed by atoms with Crippen LogP contribution in [0.5, 0.6) is 0 Å². The van der Waals surface area contributed by atoms with Crippen molar-refractivity contribution < 1.29 is 31.5 Å². The molecule has 0 saturated carbocycles. The van der Waals surface area contributed by atoms with Crippen LogP contribution in [0.15, 0.2) is 60.7 Å². The third-order valence-corrected chi connectivity index (χ3v) is 5.35. The first-order valence-electron chi connectivity index (χ1n) is 10.4. The van der Waals surface area contributed by atoms with E-state index < -0.39 is 11.9 Å². The Morgan fingerprint density at radius 1 is 0.625 bits per heavy atom. The van der Waals surface area contributed by atoms with Crippen LogP contribution >= 0.6 is 0 Å². The standard InChI is InChI=1S/2C11H12O3.C2H5O.In.2H/c2*1-2-14-11(13)8-10(12)9-6-4-3-5-7-9;1-2-3;;;/h2*3-7H,2,8H2,1H3;2H2,1H3;;;/q;;-1;+1;;. The van der Waals surface area contributed by atoms with E-state index in [1.54, 1.807) is 62.4 Å². The number of carbonyl (C=O) groups is 4. The van der Waals surface area contributed by atoms with Gasteiger partial charge in [-0.25, -0.2) is 0 Å². The van der Waals surface area contributed by atoms with Gasteiger partial charge >= 0.3 is 53.1 Å². The van der Waals surface area contributed by atoms with E-state index in [2.05, 4.69) is 9.47 Å². The second-order valence-electron chi connectivity index (χ2n) is 6.12. The molecule has 32 heavy (non-hydrogen) atoms. The molecule has 2 rings (SSSR count). The van der Waals surface area contributed by atoms with E-state index in [1.807, 2.05) is 19.1 Å². The molecule has 0 aromatic heterocycles. The summed E-state index contributed by atoms with van der Waals surface area (Å²) in [6.07, 6.45) is -0.365. The van der Waals surface area contributed by atoms with Gasteiger partial charge in [0.2, 0.25) is 0 Å². The van der Waals surface area contributed by atoms with Gasteiger partial charge in [0.1, 0.15) is 12.8 Å². The van der Waals surface area contributed by atoms with E-state index in [0.29, 0.717) is 49.2 Å². The molecule has 8 heteroatoms. The van der Waals surface area contributed by atoms with Crippen molar-refractivity contribution in [2.24, 2.45) is 0 Å². The number of hydrogen-bond acceptors (Lipinski definition) is 7. The monoisotopic (exact) mass is 546 g/mol. The zero-order valence-corrected chi connectivity index (χ0v) is 24.9. The van der Waals surface area contributed by atoms with Gasteiger partial charge in [-0.3, -0.25) is 19.2 Å². The normalized spacial score (nSPS) is 9.22. The number of ketones is 2. The van der Waals surface area contributed by atoms with Crippen LogP contribution in [0.1, 0.15) is 54.3 Å². The van der Waals surface area contributed by atoms with Crippen molar-refractivity contribution in [1.29, 1.82) is 0 Å². The van der Waals surface area contributed by atoms with Gasteiger partial charge in [-0.15, -0.1) is 0 Å². The minimum atomic E-state index is -0.471. The molecule has 0 aliphatic heterocycles. The number of benzene rings is 2. The fourth-order valence-electron chi connectivity index (χ4n) is 2.14. The summed E-state index contributed by atoms with van der Waals surface area (Å²) in [7, 11) is 0. The van der Waals surface area contributed by atoms with Gasteiger partial charge in [0, 0.05) is 11.1 Å². The number of rotatable bonds is 9. The fraction of sp³-hybridized carbons (Fsp3) is 0.333. The number of carbonyl (C=O) groups excluding carboxylic acids is 4. The van der Waals surface area contributed by atoms with Crippen LogP contribution in [0, 0.1) is 0 Å². The van der Waals surface area contributed by atoms with E-state index in [4.69, 9.17) is 2.85 Å². The Labute approximate surface area is 204 Å². The van der Waals surface area contributed by atoms with Crippen LogP contribution < -0.4 is 0 Å². The maximum absolute atomic E-state index is 11.4. The Bertz CT molecular complexity index is 738. The Balaban J connectivity index is 0.000000515. The number of esters is 2. The predicted octanol–water partition coefficient (Wildman–Crippen LogP) is 3.22. The first-order chi connectivity index (χ1) is 15.4. The van der Waals surface area contributed by atoms with Crippen LogP contribution in [-0.2, 0) is 21.9 Å². The summed E-state index contributed by atoms with van der Waals surface area (Å²) in [5.74, 6) is -1.35. The van der Waals surface area contributed by atoms with Gasteiger partial charge in [0.05, 0.1) is 13.2 Å². The SMILES string of the molecule is CCOC(=O)CC(=O)c1ccccc1.CCOC(=O)CC(=O)c1ccccc1.CC[O][InH2]. The first-order valence-corrected chi connectivity index (χ1v) is 12.7. The van der Waals surface area contributed by atoms with Crippen LogP contribution in [0.25, 0.3) is 0 Å². The molecule has 0 N–H and O–H groups in total. The molecular weight excluding hydrogens is 515 g/mol. The molecule has 0 bridgehead atoms. The summed E-state index contributed by atoms with van der Waals surface area (Å²) >= 11 is 0.485. The summed E-state index contributed by atoms with van der Waals surface area (Å²) in [4.78, 5) is 44.8. The second-order valence-corrected chi connectivity index (χ2v) is 7.77. The Morgan fingerprint density at radius 3 is 1.19 bits per heavy atom. The Kier molecular flexibility index (Phi) is 17.8. The molecule has 0 radical (unpaired) electrons. The number of Topliss-reactive ketones (excluding diaryl/α,β-unsaturated/α-hetero) is 2. The molecule has 2 aromatic carbocycles. The number of hydrogen-bond donors (Lipinski definition) is 0. The molecular formula is C24H31InO7. The summed E-state index contributed by atoms with van der Waals surface area (Å²) in [5.41, 5.74) is 1.08. The van der Waals surface area contributed by atoms with Crippen molar-refractivity contribution >= 4 is 48.3 Å². The third kappa shape index (κ3) is 14.5. The van der Waals surface area contributed by atoms with Gasteiger partial charge in [-0.05, 0) is 13.8 Å². The van der Waals surface area contributed by atoms with Gasteiger partial charge in [-0.1, -0.05) is 60.7 Å². The summed E-state index contributed by atoms with van der Waals surface area (Å²) in [6, 6.07) is 17.4. The van der Waals surface area contributed by atoms with Crippen molar-refractivity contribution in [1.82, 2.24) is 0 Å². The molecule has 0 aliphatic rings. The fourth-order valence-corrected chi connectivity index (χ4v) is 2.14. The van der Waals surface area contributed by atoms with Crippen molar-refractivity contribution in [2.75, 3.05) is 19.8 Å². The molecule has 0 unspecified atom stereocenters. The topological polar surface area (TPSA) is 96.0 Å². The molecule has 0 spiro atoms. The van der Waals surface area contributed by atoms with Crippen LogP contribution in [0.3, 0.4) is 0 Å². The van der Waals surface area contributed by atoms with Gasteiger partial charge in [-0.2, -0.15) is 0 Å². The van der Waals surface area contributed by atoms with Crippen molar-refractivity contribution in [3.63, 3.8) is 0 Å². The first kappa shape index (κ1) is 29.6. The van der Waals surface area contributed by atoms with E-state index in [1.165, 1.54) is 0 Å². The average molecular weight is 546 g/mol. The molecule has 0 atom stereocenters. The van der Waals surface area contributed by atoms with E-state index in [0.717, 1.165) is 6.61 Å². The van der Waals surface area contributed by atoms with Gasteiger partial charge in [0.25, 0.3) is 0 Å². The van der Waals surface area contributed by atoms with Crippen molar-refractivity contribution in [2.45, 2.75) is 33.6 Å². The Hall–Kier alpha value is -2.45.